The number of benzene rings is 3. The first-order valence-corrected chi connectivity index (χ1v) is 9.78. The van der Waals surface area contributed by atoms with Gasteiger partial charge < -0.3 is 10.2 Å². The second kappa shape index (κ2) is 9.02. The van der Waals surface area contributed by atoms with Crippen LogP contribution in [0.15, 0.2) is 97.2 Å². The molecule has 0 amide bonds. The Kier molecular flexibility index (Phi) is 5.81. The molecule has 0 aliphatic carbocycles. The van der Waals surface area contributed by atoms with E-state index in [-0.39, 0.29) is 0 Å². The van der Waals surface area contributed by atoms with Crippen LogP contribution < -0.4 is 10.2 Å². The van der Waals surface area contributed by atoms with Gasteiger partial charge in [0.2, 0.25) is 5.95 Å². The Morgan fingerprint density at radius 1 is 0.793 bits per heavy atom. The van der Waals surface area contributed by atoms with Gasteiger partial charge in [0.05, 0.1) is 5.69 Å². The maximum absolute atomic E-state index is 4.63. The van der Waals surface area contributed by atoms with E-state index in [1.807, 2.05) is 36.4 Å². The van der Waals surface area contributed by atoms with Crippen LogP contribution in [0.3, 0.4) is 0 Å². The van der Waals surface area contributed by atoms with E-state index in [2.05, 4.69) is 81.8 Å². The number of hydrogen-bond acceptors (Lipinski definition) is 4. The summed E-state index contributed by atoms with van der Waals surface area (Å²) in [5.74, 6) is 0.594. The molecule has 144 valence electrons. The summed E-state index contributed by atoms with van der Waals surface area (Å²) in [7, 11) is 2.12. The van der Waals surface area contributed by atoms with Crippen molar-refractivity contribution in [3.63, 3.8) is 0 Å². The molecule has 3 aromatic carbocycles. The van der Waals surface area contributed by atoms with Crippen molar-refractivity contribution in [1.29, 1.82) is 0 Å². The predicted octanol–water partition coefficient (Wildman–Crippen LogP) is 5.57. The predicted molar refractivity (Wildman–Crippen MR) is 121 cm³/mol. The van der Waals surface area contributed by atoms with E-state index >= 15 is 0 Å². The van der Waals surface area contributed by atoms with Gasteiger partial charge >= 0.3 is 0 Å². The summed E-state index contributed by atoms with van der Waals surface area (Å²) in [5.41, 5.74) is 5.49. The number of nitrogens with zero attached hydrogens (tertiary/aromatic N) is 3. The van der Waals surface area contributed by atoms with Gasteiger partial charge in [0, 0.05) is 36.7 Å². The molecule has 1 heterocycles. The van der Waals surface area contributed by atoms with E-state index in [9.17, 15) is 0 Å². The molecule has 0 spiro atoms. The van der Waals surface area contributed by atoms with E-state index in [1.165, 1.54) is 11.3 Å². The monoisotopic (exact) mass is 380 g/mol. The molecule has 0 aliphatic rings. The number of hydrogen-bond donors (Lipinski definition) is 1. The fourth-order valence-electron chi connectivity index (χ4n) is 3.19. The number of likely N-dealkylation sites (N-methyl/N-ethyl adjacent to an activating group) is 1. The van der Waals surface area contributed by atoms with E-state index in [0.717, 1.165) is 29.9 Å². The topological polar surface area (TPSA) is 41.0 Å². The van der Waals surface area contributed by atoms with Crippen LogP contribution in [0.4, 0.5) is 17.3 Å². The molecule has 4 heteroatoms. The largest absolute Gasteiger partial charge is 0.374 e. The first kappa shape index (κ1) is 18.7. The van der Waals surface area contributed by atoms with Crippen molar-refractivity contribution in [1.82, 2.24) is 9.97 Å². The molecule has 0 bridgehead atoms. The van der Waals surface area contributed by atoms with Crippen molar-refractivity contribution in [2.45, 2.75) is 6.42 Å². The Morgan fingerprint density at radius 2 is 1.48 bits per heavy atom. The molecule has 4 nitrogen and oxygen atoms in total. The molecule has 0 atom stereocenters. The highest BCUT2D eigenvalue weighted by molar-refractivity contribution is 5.63. The van der Waals surface area contributed by atoms with Crippen LogP contribution in [0.25, 0.3) is 11.3 Å². The lowest BCUT2D eigenvalue weighted by atomic mass is 10.1. The van der Waals surface area contributed by atoms with Gasteiger partial charge in [-0.3, -0.25) is 0 Å². The third-order valence-electron chi connectivity index (χ3n) is 4.87. The number of anilines is 3. The van der Waals surface area contributed by atoms with Gasteiger partial charge in [0.15, 0.2) is 0 Å². The van der Waals surface area contributed by atoms with Gasteiger partial charge in [0.25, 0.3) is 0 Å². The normalized spacial score (nSPS) is 10.5. The molecule has 4 aromatic rings. The van der Waals surface area contributed by atoms with Crippen LogP contribution in [0.2, 0.25) is 0 Å². The average molecular weight is 380 g/mol. The van der Waals surface area contributed by atoms with Gasteiger partial charge in [-0.2, -0.15) is 0 Å². The second-order valence-electron chi connectivity index (χ2n) is 6.96. The highest BCUT2D eigenvalue weighted by Crippen LogP contribution is 2.21. The average Bonchev–Trinajstić information content (AvgIpc) is 2.79. The van der Waals surface area contributed by atoms with Gasteiger partial charge in [-0.15, -0.1) is 0 Å². The molecular weight excluding hydrogens is 356 g/mol. The summed E-state index contributed by atoms with van der Waals surface area (Å²) >= 11 is 0. The highest BCUT2D eigenvalue weighted by Gasteiger charge is 2.05. The molecule has 0 unspecified atom stereocenters. The van der Waals surface area contributed by atoms with Crippen LogP contribution >= 0.6 is 0 Å². The molecule has 0 fully saturated rings. The minimum absolute atomic E-state index is 0.594. The standard InChI is InChI=1S/C25H24N4/c1-29(19-17-20-8-4-2-5-9-20)23-14-12-22(13-15-23)27-25-26-18-16-24(28-25)21-10-6-3-7-11-21/h2-16,18H,17,19H2,1H3,(H,26,27,28). The summed E-state index contributed by atoms with van der Waals surface area (Å²) in [6, 6.07) is 31.0. The molecule has 0 saturated heterocycles. The third kappa shape index (κ3) is 4.99. The summed E-state index contributed by atoms with van der Waals surface area (Å²) in [4.78, 5) is 11.2. The minimum atomic E-state index is 0.594. The van der Waals surface area contributed by atoms with Crippen LogP contribution in [0.1, 0.15) is 5.56 Å². The van der Waals surface area contributed by atoms with Gasteiger partial charge in [-0.1, -0.05) is 60.7 Å². The lowest BCUT2D eigenvalue weighted by Gasteiger charge is -2.19. The maximum atomic E-state index is 4.63. The first-order valence-electron chi connectivity index (χ1n) is 9.78. The van der Waals surface area contributed by atoms with Gasteiger partial charge in [0.1, 0.15) is 0 Å². The fraction of sp³-hybridized carbons (Fsp3) is 0.120. The maximum Gasteiger partial charge on any atom is 0.227 e. The summed E-state index contributed by atoms with van der Waals surface area (Å²) in [6.45, 7) is 0.971. The van der Waals surface area contributed by atoms with Crippen molar-refractivity contribution in [3.8, 4) is 11.3 Å². The first-order chi connectivity index (χ1) is 14.3. The number of aromatic nitrogens is 2. The van der Waals surface area contributed by atoms with Crippen molar-refractivity contribution < 1.29 is 0 Å². The van der Waals surface area contributed by atoms with E-state index in [1.54, 1.807) is 6.20 Å². The van der Waals surface area contributed by atoms with Crippen LogP contribution in [0, 0.1) is 0 Å². The number of rotatable bonds is 7. The van der Waals surface area contributed by atoms with Crippen molar-refractivity contribution in [3.05, 3.63) is 103 Å². The van der Waals surface area contributed by atoms with Crippen molar-refractivity contribution >= 4 is 17.3 Å². The Hall–Kier alpha value is -3.66. The smallest absolute Gasteiger partial charge is 0.227 e. The Balaban J connectivity index is 1.39. The third-order valence-corrected chi connectivity index (χ3v) is 4.87. The van der Waals surface area contributed by atoms with E-state index in [4.69, 9.17) is 0 Å². The van der Waals surface area contributed by atoms with Gasteiger partial charge in [-0.25, -0.2) is 9.97 Å². The molecule has 0 aliphatic heterocycles. The summed E-state index contributed by atoms with van der Waals surface area (Å²) < 4.78 is 0. The van der Waals surface area contributed by atoms with Crippen molar-refractivity contribution in [2.24, 2.45) is 0 Å². The second-order valence-corrected chi connectivity index (χ2v) is 6.96. The SMILES string of the molecule is CN(CCc1ccccc1)c1ccc(Nc2nccc(-c3ccccc3)n2)cc1. The van der Waals surface area contributed by atoms with E-state index in [0.29, 0.717) is 5.95 Å². The zero-order valence-electron chi connectivity index (χ0n) is 16.5. The van der Waals surface area contributed by atoms with Crippen LogP contribution in [-0.2, 0) is 6.42 Å². The molecule has 29 heavy (non-hydrogen) atoms. The lowest BCUT2D eigenvalue weighted by molar-refractivity contribution is 0.877. The quantitative estimate of drug-likeness (QED) is 0.455. The molecule has 1 aromatic heterocycles. The van der Waals surface area contributed by atoms with Crippen LogP contribution in [-0.4, -0.2) is 23.6 Å². The van der Waals surface area contributed by atoms with Crippen molar-refractivity contribution in [2.75, 3.05) is 23.8 Å². The zero-order chi connectivity index (χ0) is 19.9. The summed E-state index contributed by atoms with van der Waals surface area (Å²) in [6.07, 6.45) is 2.81. The zero-order valence-corrected chi connectivity index (χ0v) is 16.5. The molecule has 0 radical (unpaired) electrons. The highest BCUT2D eigenvalue weighted by atomic mass is 15.1. The molecule has 4 rings (SSSR count). The van der Waals surface area contributed by atoms with E-state index < -0.39 is 0 Å². The molecule has 1 N–H and O–H groups in total. The Labute approximate surface area is 171 Å². The fourth-order valence-corrected chi connectivity index (χ4v) is 3.19. The molecule has 0 saturated carbocycles. The lowest BCUT2D eigenvalue weighted by Crippen LogP contribution is -2.20. The number of nitrogens with one attached hydrogen (secondary N) is 1. The van der Waals surface area contributed by atoms with Crippen LogP contribution in [0.5, 0.6) is 0 Å². The Bertz CT molecular complexity index is 1030. The molecular formula is C25H24N4. The summed E-state index contributed by atoms with van der Waals surface area (Å²) in [5, 5.41) is 3.30. The minimum Gasteiger partial charge on any atom is -0.374 e. The Morgan fingerprint density at radius 3 is 2.21 bits per heavy atom. The van der Waals surface area contributed by atoms with Gasteiger partial charge in [-0.05, 0) is 42.3 Å².